The summed E-state index contributed by atoms with van der Waals surface area (Å²) in [4.78, 5) is 11.6. The van der Waals surface area contributed by atoms with Crippen molar-refractivity contribution >= 4 is 5.91 Å². The molecule has 0 aliphatic carbocycles. The van der Waals surface area contributed by atoms with E-state index in [0.29, 0.717) is 0 Å². The van der Waals surface area contributed by atoms with Crippen LogP contribution in [0.2, 0.25) is 0 Å². The fraction of sp³-hybridized carbons (Fsp3) is 0.364. The molecule has 80 valence electrons. The second-order valence-electron chi connectivity index (χ2n) is 3.53. The molecule has 4 heteroatoms. The molecule has 0 aromatic heterocycles. The van der Waals surface area contributed by atoms with E-state index in [1.165, 1.54) is 0 Å². The Hall–Kier alpha value is -1.55. The Kier molecular flexibility index (Phi) is 2.87. The summed E-state index contributed by atoms with van der Waals surface area (Å²) in [7, 11) is 1.63. The highest BCUT2D eigenvalue weighted by Crippen LogP contribution is 2.24. The van der Waals surface area contributed by atoms with E-state index in [1.807, 2.05) is 24.3 Å². The zero-order valence-electron chi connectivity index (χ0n) is 8.62. The minimum atomic E-state index is -0.0682. The molecule has 1 fully saturated rings. The maximum atomic E-state index is 11.6. The molecular formula is C11H14N2O2. The Balaban J connectivity index is 2.23. The smallest absolute Gasteiger partial charge is 0.241 e. The van der Waals surface area contributed by atoms with Gasteiger partial charge in [0.15, 0.2) is 0 Å². The molecule has 2 rings (SSSR count). The van der Waals surface area contributed by atoms with Crippen molar-refractivity contribution < 1.29 is 9.53 Å². The molecule has 0 saturated carbocycles. The number of methoxy groups -OCH3 is 1. The summed E-state index contributed by atoms with van der Waals surface area (Å²) >= 11 is 0. The first-order valence-corrected chi connectivity index (χ1v) is 4.98. The molecule has 2 N–H and O–H groups in total. The molecule has 1 saturated heterocycles. The molecule has 1 amide bonds. The largest absolute Gasteiger partial charge is 0.497 e. The molecule has 1 heterocycles. The standard InChI is InChI=1S/C11H14N2O2/c1-15-9-4-2-3-8(7-9)10-5-6-12-13-11(10)14/h2-4,7,10,12H,5-6H2,1H3,(H,13,14). The average Bonchev–Trinajstić information content (AvgIpc) is 2.30. The van der Waals surface area contributed by atoms with Crippen LogP contribution in [0.15, 0.2) is 24.3 Å². The lowest BCUT2D eigenvalue weighted by atomic mass is 9.94. The van der Waals surface area contributed by atoms with Crippen LogP contribution in [0.1, 0.15) is 17.9 Å². The Morgan fingerprint density at radius 2 is 2.33 bits per heavy atom. The summed E-state index contributed by atoms with van der Waals surface area (Å²) in [6.45, 7) is 0.799. The van der Waals surface area contributed by atoms with Crippen LogP contribution in [0, 0.1) is 0 Å². The predicted molar refractivity (Wildman–Crippen MR) is 56.5 cm³/mol. The highest BCUT2D eigenvalue weighted by molar-refractivity contribution is 5.83. The molecule has 1 aromatic carbocycles. The van der Waals surface area contributed by atoms with Crippen LogP contribution in [0.25, 0.3) is 0 Å². The number of nitrogens with one attached hydrogen (secondary N) is 2. The Morgan fingerprint density at radius 1 is 1.47 bits per heavy atom. The first kappa shape index (κ1) is 9.98. The van der Waals surface area contributed by atoms with Crippen molar-refractivity contribution in [2.75, 3.05) is 13.7 Å². The first-order chi connectivity index (χ1) is 7.31. The molecule has 1 unspecified atom stereocenters. The Morgan fingerprint density at radius 3 is 3.07 bits per heavy atom. The first-order valence-electron chi connectivity index (χ1n) is 4.98. The summed E-state index contributed by atoms with van der Waals surface area (Å²) in [5, 5.41) is 0. The summed E-state index contributed by atoms with van der Waals surface area (Å²) in [6, 6.07) is 7.65. The topological polar surface area (TPSA) is 50.4 Å². The fourth-order valence-electron chi connectivity index (χ4n) is 1.76. The van der Waals surface area contributed by atoms with E-state index in [1.54, 1.807) is 7.11 Å². The molecule has 1 aromatic rings. The molecule has 0 bridgehead atoms. The van der Waals surface area contributed by atoms with Gasteiger partial charge in [0.1, 0.15) is 5.75 Å². The number of rotatable bonds is 2. The van der Waals surface area contributed by atoms with E-state index in [2.05, 4.69) is 10.9 Å². The predicted octanol–water partition coefficient (Wildman–Crippen LogP) is 0.803. The quantitative estimate of drug-likeness (QED) is 0.752. The fourth-order valence-corrected chi connectivity index (χ4v) is 1.76. The minimum absolute atomic E-state index is 0.0227. The molecule has 4 nitrogen and oxygen atoms in total. The highest BCUT2D eigenvalue weighted by Gasteiger charge is 2.23. The number of hydrogen-bond acceptors (Lipinski definition) is 3. The lowest BCUT2D eigenvalue weighted by Crippen LogP contribution is -2.46. The Labute approximate surface area is 88.6 Å². The maximum absolute atomic E-state index is 11.6. The zero-order valence-corrected chi connectivity index (χ0v) is 8.62. The lowest BCUT2D eigenvalue weighted by Gasteiger charge is -2.23. The summed E-state index contributed by atoms with van der Waals surface area (Å²) < 4.78 is 5.13. The summed E-state index contributed by atoms with van der Waals surface area (Å²) in [5.74, 6) is 0.745. The van der Waals surface area contributed by atoms with E-state index in [0.717, 1.165) is 24.3 Å². The Bertz CT molecular complexity index is 365. The number of carbonyl (C=O) groups is 1. The van der Waals surface area contributed by atoms with Crippen LogP contribution < -0.4 is 15.6 Å². The van der Waals surface area contributed by atoms with Crippen molar-refractivity contribution in [1.29, 1.82) is 0 Å². The van der Waals surface area contributed by atoms with Crippen LogP contribution in [-0.2, 0) is 4.79 Å². The van der Waals surface area contributed by atoms with Crippen molar-refractivity contribution in [3.8, 4) is 5.75 Å². The van der Waals surface area contributed by atoms with E-state index in [4.69, 9.17) is 4.74 Å². The van der Waals surface area contributed by atoms with Crippen molar-refractivity contribution in [2.24, 2.45) is 0 Å². The van der Waals surface area contributed by atoms with Gasteiger partial charge in [-0.15, -0.1) is 0 Å². The minimum Gasteiger partial charge on any atom is -0.497 e. The van der Waals surface area contributed by atoms with Crippen molar-refractivity contribution in [1.82, 2.24) is 10.9 Å². The van der Waals surface area contributed by atoms with Gasteiger partial charge in [-0.3, -0.25) is 10.2 Å². The van der Waals surface area contributed by atoms with Gasteiger partial charge in [-0.1, -0.05) is 12.1 Å². The molecule has 1 aliphatic rings. The van der Waals surface area contributed by atoms with Crippen molar-refractivity contribution in [2.45, 2.75) is 12.3 Å². The van der Waals surface area contributed by atoms with Crippen LogP contribution in [0.4, 0.5) is 0 Å². The normalized spacial score (nSPS) is 20.9. The number of carbonyl (C=O) groups excluding carboxylic acids is 1. The van der Waals surface area contributed by atoms with Gasteiger partial charge in [0, 0.05) is 6.54 Å². The third-order valence-corrected chi connectivity index (χ3v) is 2.58. The summed E-state index contributed by atoms with van der Waals surface area (Å²) in [6.07, 6.45) is 0.818. The highest BCUT2D eigenvalue weighted by atomic mass is 16.5. The van der Waals surface area contributed by atoms with Crippen LogP contribution in [0.5, 0.6) is 5.75 Å². The number of amides is 1. The number of hydrogen-bond donors (Lipinski definition) is 2. The molecule has 0 spiro atoms. The lowest BCUT2D eigenvalue weighted by molar-refractivity contribution is -0.125. The van der Waals surface area contributed by atoms with Gasteiger partial charge in [-0.25, -0.2) is 5.43 Å². The van der Waals surface area contributed by atoms with Gasteiger partial charge >= 0.3 is 0 Å². The molecule has 1 atom stereocenters. The second-order valence-corrected chi connectivity index (χ2v) is 3.53. The monoisotopic (exact) mass is 206 g/mol. The number of benzene rings is 1. The summed E-state index contributed by atoms with van der Waals surface area (Å²) in [5.41, 5.74) is 6.48. The second kappa shape index (κ2) is 4.31. The van der Waals surface area contributed by atoms with Crippen LogP contribution in [0.3, 0.4) is 0 Å². The van der Waals surface area contributed by atoms with E-state index < -0.39 is 0 Å². The molecule has 15 heavy (non-hydrogen) atoms. The van der Waals surface area contributed by atoms with Gasteiger partial charge in [0.05, 0.1) is 13.0 Å². The maximum Gasteiger partial charge on any atom is 0.241 e. The van der Waals surface area contributed by atoms with Gasteiger partial charge in [0.2, 0.25) is 5.91 Å². The average molecular weight is 206 g/mol. The third-order valence-electron chi connectivity index (χ3n) is 2.58. The number of ether oxygens (including phenoxy) is 1. The van der Waals surface area contributed by atoms with Gasteiger partial charge < -0.3 is 4.74 Å². The zero-order chi connectivity index (χ0) is 10.7. The van der Waals surface area contributed by atoms with E-state index >= 15 is 0 Å². The van der Waals surface area contributed by atoms with Gasteiger partial charge in [-0.05, 0) is 24.1 Å². The van der Waals surface area contributed by atoms with Gasteiger partial charge in [0.25, 0.3) is 0 Å². The molecule has 0 radical (unpaired) electrons. The number of hydrazine groups is 1. The van der Waals surface area contributed by atoms with E-state index in [9.17, 15) is 4.79 Å². The third kappa shape index (κ3) is 2.10. The van der Waals surface area contributed by atoms with Crippen molar-refractivity contribution in [3.63, 3.8) is 0 Å². The van der Waals surface area contributed by atoms with Crippen molar-refractivity contribution in [3.05, 3.63) is 29.8 Å². The van der Waals surface area contributed by atoms with Gasteiger partial charge in [-0.2, -0.15) is 0 Å². The molecule has 1 aliphatic heterocycles. The van der Waals surface area contributed by atoms with E-state index in [-0.39, 0.29) is 11.8 Å². The van der Waals surface area contributed by atoms with Crippen LogP contribution >= 0.6 is 0 Å². The van der Waals surface area contributed by atoms with Crippen LogP contribution in [-0.4, -0.2) is 19.6 Å². The SMILES string of the molecule is COc1cccc(C2CCNNC2=O)c1. The molecular weight excluding hydrogens is 192 g/mol.